The number of fused-ring (bicyclic) bond motifs is 1. The van der Waals surface area contributed by atoms with Crippen LogP contribution in [-0.2, 0) is 5.88 Å². The second kappa shape index (κ2) is 5.37. The van der Waals surface area contributed by atoms with E-state index < -0.39 is 0 Å². The van der Waals surface area contributed by atoms with Gasteiger partial charge >= 0.3 is 0 Å². The monoisotopic (exact) mass is 328 g/mol. The van der Waals surface area contributed by atoms with Gasteiger partial charge in [0.1, 0.15) is 11.5 Å². The first-order valence-electron chi connectivity index (χ1n) is 5.52. The van der Waals surface area contributed by atoms with E-state index in [2.05, 4.69) is 15.9 Å². The Kier molecular flexibility index (Phi) is 4.03. The molecule has 0 atom stereocenters. The highest BCUT2D eigenvalue weighted by Crippen LogP contribution is 2.41. The summed E-state index contributed by atoms with van der Waals surface area (Å²) in [6, 6.07) is 6.03. The molecule has 18 heavy (non-hydrogen) atoms. The van der Waals surface area contributed by atoms with Crippen LogP contribution in [0, 0.1) is 6.92 Å². The van der Waals surface area contributed by atoms with E-state index in [0.29, 0.717) is 5.88 Å². The number of ether oxygens (including phenoxy) is 2. The summed E-state index contributed by atoms with van der Waals surface area (Å²) in [6.07, 6.45) is 0. The standard InChI is InChI=1S/C14H14BrClO2/c1-8-12(7-16)14(18-3)11-6-9(15)4-5-10(11)13(8)17-2/h4-6H,7H2,1-3H3. The van der Waals surface area contributed by atoms with Crippen LogP contribution in [-0.4, -0.2) is 14.2 Å². The molecule has 2 aromatic rings. The molecule has 0 aliphatic heterocycles. The van der Waals surface area contributed by atoms with E-state index in [0.717, 1.165) is 37.9 Å². The molecular formula is C14H14BrClO2. The summed E-state index contributed by atoms with van der Waals surface area (Å²) in [5.41, 5.74) is 2.00. The Labute approximate surface area is 120 Å². The van der Waals surface area contributed by atoms with Crippen molar-refractivity contribution >= 4 is 38.3 Å². The first-order chi connectivity index (χ1) is 8.63. The summed E-state index contributed by atoms with van der Waals surface area (Å²) in [4.78, 5) is 0. The number of benzene rings is 2. The zero-order valence-corrected chi connectivity index (χ0v) is 12.9. The van der Waals surface area contributed by atoms with Crippen LogP contribution >= 0.6 is 27.5 Å². The van der Waals surface area contributed by atoms with Crippen LogP contribution in [0.3, 0.4) is 0 Å². The van der Waals surface area contributed by atoms with Crippen molar-refractivity contribution in [2.45, 2.75) is 12.8 Å². The smallest absolute Gasteiger partial charge is 0.131 e. The van der Waals surface area contributed by atoms with Crippen LogP contribution in [0.5, 0.6) is 11.5 Å². The van der Waals surface area contributed by atoms with Crippen LogP contribution in [0.4, 0.5) is 0 Å². The van der Waals surface area contributed by atoms with Gasteiger partial charge in [-0.2, -0.15) is 0 Å². The number of rotatable bonds is 3. The Balaban J connectivity index is 2.96. The normalized spacial score (nSPS) is 10.7. The van der Waals surface area contributed by atoms with E-state index in [1.807, 2.05) is 25.1 Å². The molecule has 0 saturated heterocycles. The van der Waals surface area contributed by atoms with Gasteiger partial charge in [-0.05, 0) is 30.7 Å². The van der Waals surface area contributed by atoms with Crippen molar-refractivity contribution in [1.29, 1.82) is 0 Å². The molecule has 2 aromatic carbocycles. The lowest BCUT2D eigenvalue weighted by Gasteiger charge is -2.17. The molecule has 0 aromatic heterocycles. The number of halogens is 2. The minimum absolute atomic E-state index is 0.397. The van der Waals surface area contributed by atoms with Crippen molar-refractivity contribution in [2.75, 3.05) is 14.2 Å². The average Bonchev–Trinajstić information content (AvgIpc) is 2.37. The Morgan fingerprint density at radius 1 is 1.11 bits per heavy atom. The Morgan fingerprint density at radius 3 is 2.33 bits per heavy atom. The molecule has 0 bridgehead atoms. The van der Waals surface area contributed by atoms with Crippen LogP contribution in [0.25, 0.3) is 10.8 Å². The van der Waals surface area contributed by atoms with Gasteiger partial charge in [0.15, 0.2) is 0 Å². The molecule has 0 heterocycles. The molecule has 2 rings (SSSR count). The summed E-state index contributed by atoms with van der Waals surface area (Å²) in [6.45, 7) is 2.00. The number of hydrogen-bond acceptors (Lipinski definition) is 2. The molecule has 0 amide bonds. The lowest BCUT2D eigenvalue weighted by molar-refractivity contribution is 0.405. The number of hydrogen-bond donors (Lipinski definition) is 0. The molecule has 2 nitrogen and oxygen atoms in total. The van der Waals surface area contributed by atoms with Crippen molar-refractivity contribution in [3.63, 3.8) is 0 Å². The van der Waals surface area contributed by atoms with Gasteiger partial charge in [-0.3, -0.25) is 0 Å². The Morgan fingerprint density at radius 2 is 1.78 bits per heavy atom. The van der Waals surface area contributed by atoms with E-state index in [-0.39, 0.29) is 0 Å². The molecule has 0 N–H and O–H groups in total. The third kappa shape index (κ3) is 2.06. The fourth-order valence-corrected chi connectivity index (χ4v) is 2.91. The zero-order valence-electron chi connectivity index (χ0n) is 10.5. The minimum Gasteiger partial charge on any atom is -0.496 e. The van der Waals surface area contributed by atoms with Crippen LogP contribution < -0.4 is 9.47 Å². The van der Waals surface area contributed by atoms with Gasteiger partial charge in [-0.25, -0.2) is 0 Å². The highest BCUT2D eigenvalue weighted by molar-refractivity contribution is 9.10. The summed E-state index contributed by atoms with van der Waals surface area (Å²) < 4.78 is 12.0. The molecule has 0 unspecified atom stereocenters. The quantitative estimate of drug-likeness (QED) is 0.762. The first-order valence-corrected chi connectivity index (χ1v) is 6.85. The van der Waals surface area contributed by atoms with Gasteiger partial charge in [0, 0.05) is 20.8 Å². The van der Waals surface area contributed by atoms with Crippen molar-refractivity contribution in [3.8, 4) is 11.5 Å². The van der Waals surface area contributed by atoms with Gasteiger partial charge < -0.3 is 9.47 Å². The Hall–Kier alpha value is -0.930. The number of methoxy groups -OCH3 is 2. The molecule has 0 aliphatic rings. The van der Waals surface area contributed by atoms with Crippen molar-refractivity contribution in [3.05, 3.63) is 33.8 Å². The molecular weight excluding hydrogens is 316 g/mol. The van der Waals surface area contributed by atoms with E-state index in [1.54, 1.807) is 14.2 Å². The molecule has 4 heteroatoms. The highest BCUT2D eigenvalue weighted by atomic mass is 79.9. The third-order valence-electron chi connectivity index (χ3n) is 3.08. The van der Waals surface area contributed by atoms with Gasteiger partial charge in [-0.15, -0.1) is 11.6 Å². The predicted octanol–water partition coefficient (Wildman–Crippen LogP) is 4.67. The maximum absolute atomic E-state index is 6.04. The van der Waals surface area contributed by atoms with E-state index >= 15 is 0 Å². The average molecular weight is 330 g/mol. The lowest BCUT2D eigenvalue weighted by Crippen LogP contribution is -1.99. The molecule has 0 saturated carbocycles. The van der Waals surface area contributed by atoms with Crippen molar-refractivity contribution in [2.24, 2.45) is 0 Å². The minimum atomic E-state index is 0.397. The fraction of sp³-hybridized carbons (Fsp3) is 0.286. The summed E-state index contributed by atoms with van der Waals surface area (Å²) in [5, 5.41) is 2.04. The van der Waals surface area contributed by atoms with E-state index in [9.17, 15) is 0 Å². The third-order valence-corrected chi connectivity index (χ3v) is 3.84. The van der Waals surface area contributed by atoms with E-state index in [1.165, 1.54) is 0 Å². The van der Waals surface area contributed by atoms with Gasteiger partial charge in [-0.1, -0.05) is 15.9 Å². The molecule has 96 valence electrons. The van der Waals surface area contributed by atoms with E-state index in [4.69, 9.17) is 21.1 Å². The SMILES string of the molecule is COc1c(C)c(CCl)c(OC)c2cc(Br)ccc12. The van der Waals surface area contributed by atoms with Crippen LogP contribution in [0.15, 0.2) is 22.7 Å². The second-order valence-corrected chi connectivity index (χ2v) is 5.18. The molecule has 0 fully saturated rings. The highest BCUT2D eigenvalue weighted by Gasteiger charge is 2.17. The molecule has 0 aliphatic carbocycles. The number of alkyl halides is 1. The zero-order chi connectivity index (χ0) is 13.3. The van der Waals surface area contributed by atoms with Crippen LogP contribution in [0.2, 0.25) is 0 Å². The fourth-order valence-electron chi connectivity index (χ4n) is 2.23. The summed E-state index contributed by atoms with van der Waals surface area (Å²) in [7, 11) is 3.34. The van der Waals surface area contributed by atoms with Crippen molar-refractivity contribution in [1.82, 2.24) is 0 Å². The lowest BCUT2D eigenvalue weighted by atomic mass is 9.99. The second-order valence-electron chi connectivity index (χ2n) is 3.99. The Bertz CT molecular complexity index is 596. The van der Waals surface area contributed by atoms with Crippen molar-refractivity contribution < 1.29 is 9.47 Å². The summed E-state index contributed by atoms with van der Waals surface area (Å²) in [5.74, 6) is 2.07. The van der Waals surface area contributed by atoms with Gasteiger partial charge in [0.05, 0.1) is 20.1 Å². The topological polar surface area (TPSA) is 18.5 Å². The maximum Gasteiger partial charge on any atom is 0.131 e. The molecule has 0 spiro atoms. The first kappa shape index (κ1) is 13.5. The maximum atomic E-state index is 6.04. The van der Waals surface area contributed by atoms with Crippen LogP contribution in [0.1, 0.15) is 11.1 Å². The predicted molar refractivity (Wildman–Crippen MR) is 79.0 cm³/mol. The molecule has 0 radical (unpaired) electrons. The van der Waals surface area contributed by atoms with Gasteiger partial charge in [0.2, 0.25) is 0 Å². The largest absolute Gasteiger partial charge is 0.496 e. The summed E-state index contributed by atoms with van der Waals surface area (Å²) >= 11 is 9.52. The van der Waals surface area contributed by atoms with Gasteiger partial charge in [0.25, 0.3) is 0 Å².